The van der Waals surface area contributed by atoms with Crippen molar-refractivity contribution in [1.29, 1.82) is 0 Å². The first-order valence-corrected chi connectivity index (χ1v) is 11.4. The Hall–Kier alpha value is -2.10. The number of aromatic nitrogens is 2. The van der Waals surface area contributed by atoms with Gasteiger partial charge < -0.3 is 9.72 Å². The molecule has 6 rings (SSSR count). The summed E-state index contributed by atoms with van der Waals surface area (Å²) in [7, 11) is 0. The maximum absolute atomic E-state index is 12.1. The van der Waals surface area contributed by atoms with E-state index in [1.807, 2.05) is 6.08 Å². The average molecular weight is 390 g/mol. The highest BCUT2D eigenvalue weighted by Crippen LogP contribution is 2.63. The van der Waals surface area contributed by atoms with Gasteiger partial charge in [0.1, 0.15) is 5.65 Å². The molecule has 0 spiro atoms. The molecule has 1 N–H and O–H groups in total. The van der Waals surface area contributed by atoms with E-state index in [0.717, 1.165) is 37.4 Å². The van der Waals surface area contributed by atoms with Gasteiger partial charge in [0.05, 0.1) is 5.69 Å². The molecule has 4 aliphatic rings. The quantitative estimate of drug-likeness (QED) is 0.728. The topological polar surface area (TPSA) is 46.4 Å². The van der Waals surface area contributed by atoms with Gasteiger partial charge in [0.2, 0.25) is 5.91 Å². The zero-order valence-corrected chi connectivity index (χ0v) is 17.8. The Morgan fingerprint density at radius 3 is 2.86 bits per heavy atom. The molecule has 2 aromatic heterocycles. The fourth-order valence-electron chi connectivity index (χ4n) is 7.62. The predicted octanol–water partition coefficient (Wildman–Crippen LogP) is 4.35. The lowest BCUT2D eigenvalue weighted by Crippen LogP contribution is -2.50. The van der Waals surface area contributed by atoms with Crippen LogP contribution in [-0.2, 0) is 16.6 Å². The van der Waals surface area contributed by atoms with E-state index in [9.17, 15) is 4.79 Å². The normalized spacial score (nSPS) is 38.4. The van der Waals surface area contributed by atoms with Crippen LogP contribution in [0.1, 0.15) is 62.9 Å². The third kappa shape index (κ3) is 2.26. The largest absolute Gasteiger partial charge is 0.353 e. The summed E-state index contributed by atoms with van der Waals surface area (Å²) in [4.78, 5) is 17.3. The summed E-state index contributed by atoms with van der Waals surface area (Å²) < 4.78 is 2.37. The van der Waals surface area contributed by atoms with Gasteiger partial charge in [-0.05, 0) is 80.2 Å². The number of nitrogens with zero attached hydrogens (tertiary/aromatic N) is 2. The van der Waals surface area contributed by atoms with E-state index in [-0.39, 0.29) is 16.7 Å². The number of imidazole rings is 1. The number of hydrogen-bond acceptors (Lipinski definition) is 2. The lowest BCUT2D eigenvalue weighted by molar-refractivity contribution is -0.116. The molecule has 4 nitrogen and oxygen atoms in total. The van der Waals surface area contributed by atoms with Crippen molar-refractivity contribution in [2.24, 2.45) is 23.2 Å². The van der Waals surface area contributed by atoms with E-state index in [1.54, 1.807) is 0 Å². The van der Waals surface area contributed by atoms with Crippen molar-refractivity contribution in [3.63, 3.8) is 0 Å². The van der Waals surface area contributed by atoms with Crippen LogP contribution >= 0.6 is 0 Å². The van der Waals surface area contributed by atoms with Crippen molar-refractivity contribution < 1.29 is 4.79 Å². The molecule has 1 amide bonds. The van der Waals surface area contributed by atoms with Crippen LogP contribution in [0.25, 0.3) is 5.65 Å². The molecule has 0 radical (unpaired) electrons. The van der Waals surface area contributed by atoms with E-state index in [2.05, 4.69) is 48.8 Å². The van der Waals surface area contributed by atoms with Crippen molar-refractivity contribution in [3.8, 4) is 0 Å². The molecule has 0 aromatic carbocycles. The van der Waals surface area contributed by atoms with Crippen molar-refractivity contribution in [2.45, 2.75) is 64.7 Å². The third-order valence-corrected chi connectivity index (χ3v) is 9.19. The van der Waals surface area contributed by atoms with Crippen LogP contribution in [0.5, 0.6) is 0 Å². The molecule has 2 saturated carbocycles. The Labute approximate surface area is 172 Å². The number of rotatable bonds is 0. The summed E-state index contributed by atoms with van der Waals surface area (Å²) in [6.45, 7) is 7.92. The first kappa shape index (κ1) is 17.7. The van der Waals surface area contributed by atoms with Gasteiger partial charge in [-0.15, -0.1) is 0 Å². The number of hydrogen-bond donors (Lipinski definition) is 1. The van der Waals surface area contributed by atoms with Gasteiger partial charge in [-0.1, -0.05) is 25.5 Å². The number of nitrogens with one attached hydrogen (secondary N) is 1. The van der Waals surface area contributed by atoms with Crippen LogP contribution in [0.2, 0.25) is 0 Å². The molecular weight excluding hydrogens is 358 g/mol. The molecule has 3 aliphatic carbocycles. The predicted molar refractivity (Wildman–Crippen MR) is 114 cm³/mol. The fourth-order valence-corrected chi connectivity index (χ4v) is 7.62. The molecule has 3 heterocycles. The Balaban J connectivity index is 1.42. The minimum atomic E-state index is 0.117. The average Bonchev–Trinajstić information content (AvgIpc) is 3.12. The number of aryl methyl sites for hydroxylation is 1. The van der Waals surface area contributed by atoms with Crippen molar-refractivity contribution >= 4 is 11.6 Å². The number of carbonyl (C=O) groups is 1. The summed E-state index contributed by atoms with van der Waals surface area (Å²) in [5.41, 5.74) is 7.03. The highest BCUT2D eigenvalue weighted by molar-refractivity contribution is 5.88. The number of carbonyl (C=O) groups excluding carboxylic acids is 1. The first-order chi connectivity index (χ1) is 13.9. The Morgan fingerprint density at radius 2 is 2.00 bits per heavy atom. The lowest BCUT2D eigenvalue weighted by atomic mass is 9.48. The molecule has 1 aliphatic heterocycles. The molecule has 0 saturated heterocycles. The maximum Gasteiger partial charge on any atom is 0.243 e. The van der Waals surface area contributed by atoms with Crippen LogP contribution in [0.4, 0.5) is 0 Å². The van der Waals surface area contributed by atoms with Gasteiger partial charge in [-0.25, -0.2) is 4.98 Å². The van der Waals surface area contributed by atoms with E-state index in [0.29, 0.717) is 11.8 Å². The van der Waals surface area contributed by atoms with Gasteiger partial charge in [-0.2, -0.15) is 0 Å². The van der Waals surface area contributed by atoms with E-state index < -0.39 is 0 Å². The number of amides is 1. The van der Waals surface area contributed by atoms with Gasteiger partial charge in [0, 0.05) is 29.9 Å². The van der Waals surface area contributed by atoms with E-state index in [4.69, 9.17) is 4.98 Å². The Bertz CT molecular complexity index is 1070. The second-order valence-corrected chi connectivity index (χ2v) is 10.5. The Kier molecular flexibility index (Phi) is 3.51. The molecular formula is C25H31N3O. The molecule has 0 unspecified atom stereocenters. The smallest absolute Gasteiger partial charge is 0.243 e. The van der Waals surface area contributed by atoms with Crippen LogP contribution in [-0.4, -0.2) is 21.8 Å². The molecule has 2 aromatic rings. The van der Waals surface area contributed by atoms with Crippen LogP contribution in [0, 0.1) is 30.1 Å². The van der Waals surface area contributed by atoms with Gasteiger partial charge >= 0.3 is 0 Å². The molecule has 4 heteroatoms. The highest BCUT2D eigenvalue weighted by Gasteiger charge is 2.58. The number of pyridine rings is 1. The van der Waals surface area contributed by atoms with Crippen LogP contribution in [0.3, 0.4) is 0 Å². The van der Waals surface area contributed by atoms with E-state index in [1.165, 1.54) is 41.8 Å². The first-order valence-electron chi connectivity index (χ1n) is 11.4. The monoisotopic (exact) mass is 389 g/mol. The summed E-state index contributed by atoms with van der Waals surface area (Å²) in [5.74, 6) is 2.22. The molecule has 5 atom stereocenters. The summed E-state index contributed by atoms with van der Waals surface area (Å²) >= 11 is 0. The van der Waals surface area contributed by atoms with Crippen molar-refractivity contribution in [2.75, 3.05) is 6.54 Å². The molecule has 152 valence electrons. The SMILES string of the molecule is Cc1ccc2nc3c(n2c1)C[C@H]1[C@@H]2CCC4=CC(=O)NCC[C@]4(C)[C@H]2CC[C@]31C. The lowest BCUT2D eigenvalue weighted by Gasteiger charge is -2.56. The van der Waals surface area contributed by atoms with Crippen molar-refractivity contribution in [3.05, 3.63) is 46.9 Å². The number of allylic oxidation sites excluding steroid dienone is 1. The highest BCUT2D eigenvalue weighted by atomic mass is 16.1. The van der Waals surface area contributed by atoms with Crippen molar-refractivity contribution in [1.82, 2.24) is 14.7 Å². The van der Waals surface area contributed by atoms with Gasteiger partial charge in [-0.3, -0.25) is 4.79 Å². The second kappa shape index (κ2) is 5.74. The molecule has 2 fully saturated rings. The number of fused-ring (bicyclic) bond motifs is 9. The fraction of sp³-hybridized carbons (Fsp3) is 0.600. The van der Waals surface area contributed by atoms with Gasteiger partial charge in [0.25, 0.3) is 0 Å². The van der Waals surface area contributed by atoms with E-state index >= 15 is 0 Å². The summed E-state index contributed by atoms with van der Waals surface area (Å²) in [6, 6.07) is 4.34. The standard InChI is InChI=1S/C25H31N3O/c1-15-4-7-21-27-23-20(28(21)14-15)13-19-17-6-5-16-12-22(29)26-11-10-24(16,2)18(17)8-9-25(19,23)3/h4,7,12,14,17-19H,5-6,8-11,13H2,1-3H3,(H,26,29)/t17-,18+,19+,24+,25+/m1/s1. The zero-order chi connectivity index (χ0) is 20.0. The van der Waals surface area contributed by atoms with Crippen LogP contribution < -0.4 is 5.32 Å². The maximum atomic E-state index is 12.1. The van der Waals surface area contributed by atoms with Crippen LogP contribution in [0.15, 0.2) is 30.0 Å². The molecule has 29 heavy (non-hydrogen) atoms. The molecule has 0 bridgehead atoms. The third-order valence-electron chi connectivity index (χ3n) is 9.19. The minimum absolute atomic E-state index is 0.117. The summed E-state index contributed by atoms with van der Waals surface area (Å²) in [6.07, 6.45) is 11.2. The second-order valence-electron chi connectivity index (χ2n) is 10.5. The Morgan fingerprint density at radius 1 is 1.14 bits per heavy atom. The van der Waals surface area contributed by atoms with Gasteiger partial charge in [0.15, 0.2) is 0 Å². The minimum Gasteiger partial charge on any atom is -0.353 e. The summed E-state index contributed by atoms with van der Waals surface area (Å²) in [5, 5.41) is 3.08. The zero-order valence-electron chi connectivity index (χ0n) is 17.8.